The lowest BCUT2D eigenvalue weighted by atomic mass is 10.1. The number of ether oxygens (including phenoxy) is 1. The molecule has 2 N–H and O–H groups in total. The van der Waals surface area contributed by atoms with E-state index in [0.29, 0.717) is 13.1 Å². The quantitative estimate of drug-likeness (QED) is 0.845. The number of carbonyl (C=O) groups is 2. The van der Waals surface area contributed by atoms with E-state index in [9.17, 15) is 9.59 Å². The molecule has 1 fully saturated rings. The molecule has 6 heteroatoms. The average molecular weight is 285 g/mol. The fourth-order valence-electron chi connectivity index (χ4n) is 2.48. The van der Waals surface area contributed by atoms with Gasteiger partial charge in [0.15, 0.2) is 0 Å². The average Bonchev–Trinajstić information content (AvgIpc) is 2.75. The SMILES string of the molecule is CC(C)N(C(=O)CN)C1CCN(C(=O)OC(C)(C)C)C1. The molecule has 20 heavy (non-hydrogen) atoms. The predicted molar refractivity (Wildman–Crippen MR) is 77.2 cm³/mol. The Balaban J connectivity index is 2.66. The van der Waals surface area contributed by atoms with Crippen LogP contribution in [0.3, 0.4) is 0 Å². The summed E-state index contributed by atoms with van der Waals surface area (Å²) < 4.78 is 5.36. The molecule has 1 unspecified atom stereocenters. The minimum Gasteiger partial charge on any atom is -0.444 e. The smallest absolute Gasteiger partial charge is 0.410 e. The van der Waals surface area contributed by atoms with Crippen LogP contribution < -0.4 is 5.73 Å². The summed E-state index contributed by atoms with van der Waals surface area (Å²) >= 11 is 0. The predicted octanol–water partition coefficient (Wildman–Crippen LogP) is 1.19. The minimum atomic E-state index is -0.500. The van der Waals surface area contributed by atoms with Gasteiger partial charge in [0.2, 0.25) is 5.91 Å². The maximum atomic E-state index is 12.0. The summed E-state index contributed by atoms with van der Waals surface area (Å²) in [7, 11) is 0. The van der Waals surface area contributed by atoms with E-state index < -0.39 is 5.60 Å². The van der Waals surface area contributed by atoms with E-state index in [2.05, 4.69) is 0 Å². The van der Waals surface area contributed by atoms with E-state index in [0.717, 1.165) is 6.42 Å². The number of hydrogen-bond acceptors (Lipinski definition) is 4. The first-order chi connectivity index (χ1) is 9.15. The lowest BCUT2D eigenvalue weighted by Crippen LogP contribution is -2.49. The van der Waals surface area contributed by atoms with Crippen LogP contribution in [0.15, 0.2) is 0 Å². The van der Waals surface area contributed by atoms with Crippen LogP contribution in [-0.2, 0) is 9.53 Å². The molecule has 0 radical (unpaired) electrons. The van der Waals surface area contributed by atoms with Gasteiger partial charge in [-0.25, -0.2) is 4.79 Å². The highest BCUT2D eigenvalue weighted by molar-refractivity contribution is 5.79. The summed E-state index contributed by atoms with van der Waals surface area (Å²) in [5.74, 6) is -0.0731. The molecule has 6 nitrogen and oxygen atoms in total. The molecule has 2 amide bonds. The Labute approximate surface area is 121 Å². The van der Waals surface area contributed by atoms with Gasteiger partial charge in [-0.1, -0.05) is 0 Å². The fraction of sp³-hybridized carbons (Fsp3) is 0.857. The van der Waals surface area contributed by atoms with Crippen LogP contribution >= 0.6 is 0 Å². The Hall–Kier alpha value is -1.30. The monoisotopic (exact) mass is 285 g/mol. The van der Waals surface area contributed by atoms with Crippen molar-refractivity contribution >= 4 is 12.0 Å². The Morgan fingerprint density at radius 2 is 2.00 bits per heavy atom. The van der Waals surface area contributed by atoms with Crippen LogP contribution in [0.2, 0.25) is 0 Å². The number of likely N-dealkylation sites (tertiary alicyclic amines) is 1. The standard InChI is InChI=1S/C14H27N3O3/c1-10(2)17(12(18)8-15)11-6-7-16(9-11)13(19)20-14(3,4)5/h10-11H,6-9,15H2,1-5H3. The zero-order valence-corrected chi connectivity index (χ0v) is 13.2. The van der Waals surface area contributed by atoms with Crippen molar-refractivity contribution in [3.8, 4) is 0 Å². The van der Waals surface area contributed by atoms with Gasteiger partial charge in [-0.3, -0.25) is 4.79 Å². The van der Waals surface area contributed by atoms with E-state index in [4.69, 9.17) is 10.5 Å². The molecule has 0 saturated carbocycles. The first kappa shape index (κ1) is 16.8. The van der Waals surface area contributed by atoms with E-state index in [-0.39, 0.29) is 30.6 Å². The first-order valence-corrected chi connectivity index (χ1v) is 7.15. The molecule has 116 valence electrons. The Morgan fingerprint density at radius 3 is 2.45 bits per heavy atom. The number of amides is 2. The molecule has 1 rings (SSSR count). The molecule has 0 bridgehead atoms. The molecular weight excluding hydrogens is 258 g/mol. The molecule has 0 aliphatic carbocycles. The van der Waals surface area contributed by atoms with Gasteiger partial charge in [0, 0.05) is 19.1 Å². The third-order valence-corrected chi connectivity index (χ3v) is 3.23. The number of carbonyl (C=O) groups excluding carboxylic acids is 2. The molecule has 1 heterocycles. The lowest BCUT2D eigenvalue weighted by Gasteiger charge is -2.32. The highest BCUT2D eigenvalue weighted by Gasteiger charge is 2.35. The number of rotatable bonds is 3. The Bertz CT molecular complexity index is 363. The van der Waals surface area contributed by atoms with Crippen molar-refractivity contribution in [3.63, 3.8) is 0 Å². The minimum absolute atomic E-state index is 0.00111. The first-order valence-electron chi connectivity index (χ1n) is 7.15. The third kappa shape index (κ3) is 4.37. The summed E-state index contributed by atoms with van der Waals surface area (Å²) in [4.78, 5) is 27.4. The van der Waals surface area contributed by atoms with Gasteiger partial charge in [-0.2, -0.15) is 0 Å². The number of hydrogen-bond donors (Lipinski definition) is 1. The molecule has 0 aromatic heterocycles. The van der Waals surface area contributed by atoms with E-state index >= 15 is 0 Å². The van der Waals surface area contributed by atoms with Gasteiger partial charge in [0.25, 0.3) is 0 Å². The maximum Gasteiger partial charge on any atom is 0.410 e. The van der Waals surface area contributed by atoms with Crippen molar-refractivity contribution in [3.05, 3.63) is 0 Å². The Morgan fingerprint density at radius 1 is 1.40 bits per heavy atom. The van der Waals surface area contributed by atoms with Crippen LogP contribution in [0.1, 0.15) is 41.0 Å². The molecule has 1 aliphatic rings. The van der Waals surface area contributed by atoms with Crippen LogP contribution in [0.4, 0.5) is 4.79 Å². The van der Waals surface area contributed by atoms with Crippen LogP contribution in [0, 0.1) is 0 Å². The van der Waals surface area contributed by atoms with Crippen molar-refractivity contribution in [2.24, 2.45) is 5.73 Å². The second-order valence-corrected chi connectivity index (χ2v) is 6.47. The fourth-order valence-corrected chi connectivity index (χ4v) is 2.48. The van der Waals surface area contributed by atoms with Crippen molar-refractivity contribution in [2.75, 3.05) is 19.6 Å². The van der Waals surface area contributed by atoms with E-state index in [1.807, 2.05) is 34.6 Å². The van der Waals surface area contributed by atoms with Crippen molar-refractivity contribution in [2.45, 2.75) is 58.7 Å². The molecular formula is C14H27N3O3. The molecule has 0 aromatic carbocycles. The van der Waals surface area contributed by atoms with Gasteiger partial charge >= 0.3 is 6.09 Å². The molecule has 0 aromatic rings. The maximum absolute atomic E-state index is 12.0. The van der Waals surface area contributed by atoms with Gasteiger partial charge < -0.3 is 20.3 Å². The van der Waals surface area contributed by atoms with E-state index in [1.54, 1.807) is 9.80 Å². The lowest BCUT2D eigenvalue weighted by molar-refractivity contribution is -0.133. The highest BCUT2D eigenvalue weighted by atomic mass is 16.6. The van der Waals surface area contributed by atoms with Crippen molar-refractivity contribution < 1.29 is 14.3 Å². The number of nitrogens with zero attached hydrogens (tertiary/aromatic N) is 2. The van der Waals surface area contributed by atoms with Gasteiger partial charge in [-0.05, 0) is 41.0 Å². The Kier molecular flexibility index (Phi) is 5.39. The molecule has 1 aliphatic heterocycles. The highest BCUT2D eigenvalue weighted by Crippen LogP contribution is 2.20. The van der Waals surface area contributed by atoms with Gasteiger partial charge in [0.1, 0.15) is 5.60 Å². The molecule has 1 saturated heterocycles. The van der Waals surface area contributed by atoms with Gasteiger partial charge in [0.05, 0.1) is 12.6 Å². The summed E-state index contributed by atoms with van der Waals surface area (Å²) in [6.45, 7) is 10.6. The van der Waals surface area contributed by atoms with Crippen molar-refractivity contribution in [1.29, 1.82) is 0 Å². The second-order valence-electron chi connectivity index (χ2n) is 6.47. The zero-order chi connectivity index (χ0) is 15.5. The van der Waals surface area contributed by atoms with Crippen LogP contribution in [-0.4, -0.2) is 59.1 Å². The molecule has 0 spiro atoms. The topological polar surface area (TPSA) is 75.9 Å². The summed E-state index contributed by atoms with van der Waals surface area (Å²) in [6, 6.07) is 0.105. The largest absolute Gasteiger partial charge is 0.444 e. The second kappa shape index (κ2) is 6.43. The third-order valence-electron chi connectivity index (χ3n) is 3.23. The molecule has 1 atom stereocenters. The summed E-state index contributed by atoms with van der Waals surface area (Å²) in [6.07, 6.45) is 0.451. The normalized spacial score (nSPS) is 19.4. The van der Waals surface area contributed by atoms with Crippen LogP contribution in [0.5, 0.6) is 0 Å². The summed E-state index contributed by atoms with van der Waals surface area (Å²) in [5, 5.41) is 0. The summed E-state index contributed by atoms with van der Waals surface area (Å²) in [5.41, 5.74) is 4.96. The van der Waals surface area contributed by atoms with Crippen molar-refractivity contribution in [1.82, 2.24) is 9.80 Å². The van der Waals surface area contributed by atoms with E-state index in [1.165, 1.54) is 0 Å². The zero-order valence-electron chi connectivity index (χ0n) is 13.2. The van der Waals surface area contributed by atoms with Gasteiger partial charge in [-0.15, -0.1) is 0 Å². The van der Waals surface area contributed by atoms with Crippen LogP contribution in [0.25, 0.3) is 0 Å². The number of nitrogens with two attached hydrogens (primary N) is 1.